The van der Waals surface area contributed by atoms with Crippen molar-refractivity contribution in [3.05, 3.63) is 522 Å². The third-order valence-electron chi connectivity index (χ3n) is 26.9. The summed E-state index contributed by atoms with van der Waals surface area (Å²) in [6, 6.07) is 161. The highest BCUT2D eigenvalue weighted by molar-refractivity contribution is 6.02. The van der Waals surface area contributed by atoms with Crippen molar-refractivity contribution >= 4 is 0 Å². The Balaban J connectivity index is 0.000000114. The van der Waals surface area contributed by atoms with Crippen LogP contribution in [0.25, 0.3) is 169 Å². The number of fused-ring (bicyclic) bond motifs is 30. The molecule has 0 atom stereocenters. The van der Waals surface area contributed by atoms with E-state index < -0.39 is 10.8 Å². The first kappa shape index (κ1) is 83.6. The summed E-state index contributed by atoms with van der Waals surface area (Å²) in [5, 5.41) is 0. The van der Waals surface area contributed by atoms with Crippen LogP contribution in [0.2, 0.25) is 0 Å². The molecular formula is C126H93N9. The molecular weight excluding hydrogens is 1640 g/mol. The normalized spacial score (nSPS) is 12.8. The molecule has 0 fully saturated rings. The molecule has 6 aliphatic rings. The van der Waals surface area contributed by atoms with Crippen molar-refractivity contribution in [2.24, 2.45) is 0 Å². The van der Waals surface area contributed by atoms with Gasteiger partial charge in [0.25, 0.3) is 0 Å². The van der Waals surface area contributed by atoms with Crippen molar-refractivity contribution in [2.75, 3.05) is 0 Å². The van der Waals surface area contributed by atoms with Crippen LogP contribution in [0.15, 0.2) is 455 Å². The largest absolute Gasteiger partial charge is 0.208 e. The van der Waals surface area contributed by atoms with Gasteiger partial charge in [0.15, 0.2) is 52.4 Å². The molecule has 0 amide bonds. The van der Waals surface area contributed by atoms with Gasteiger partial charge < -0.3 is 0 Å². The van der Waals surface area contributed by atoms with Gasteiger partial charge in [-0.25, -0.2) is 44.9 Å². The lowest BCUT2D eigenvalue weighted by molar-refractivity contribution is 0.794. The van der Waals surface area contributed by atoms with Crippen LogP contribution in [0.4, 0.5) is 0 Å². The van der Waals surface area contributed by atoms with E-state index in [9.17, 15) is 0 Å². The third-order valence-corrected chi connectivity index (χ3v) is 26.9. The van der Waals surface area contributed by atoms with E-state index in [1.54, 1.807) is 0 Å². The summed E-state index contributed by atoms with van der Waals surface area (Å²) in [5.74, 6) is 6.01. The summed E-state index contributed by atoms with van der Waals surface area (Å²) >= 11 is 0. The Hall–Kier alpha value is -17.0. The van der Waals surface area contributed by atoms with Gasteiger partial charge in [-0.05, 0) is 146 Å². The molecule has 642 valence electrons. The molecule has 27 rings (SSSR count). The van der Waals surface area contributed by atoms with Crippen molar-refractivity contribution in [3.8, 4) is 169 Å². The van der Waals surface area contributed by atoms with Crippen LogP contribution in [0.1, 0.15) is 108 Å². The Morgan fingerprint density at radius 2 is 0.304 bits per heavy atom. The molecule has 21 aromatic rings. The number of rotatable bonds is 9. The summed E-state index contributed by atoms with van der Waals surface area (Å²) in [6.45, 7) is 12.0. The van der Waals surface area contributed by atoms with Gasteiger partial charge in [0.05, 0.1) is 16.2 Å². The Morgan fingerprint density at radius 3 is 0.600 bits per heavy atom. The first-order valence-corrected chi connectivity index (χ1v) is 46.9. The van der Waals surface area contributed by atoms with E-state index in [1.165, 1.54) is 134 Å². The van der Waals surface area contributed by atoms with E-state index in [0.29, 0.717) is 52.4 Å². The highest BCUT2D eigenvalue weighted by Gasteiger charge is 2.55. The number of benzene rings is 18. The summed E-state index contributed by atoms with van der Waals surface area (Å²) in [4.78, 5) is 45.2. The molecule has 0 saturated carbocycles. The van der Waals surface area contributed by atoms with E-state index >= 15 is 0 Å². The molecule has 0 aliphatic heterocycles. The summed E-state index contributed by atoms with van der Waals surface area (Å²) in [7, 11) is 0. The molecule has 0 N–H and O–H groups in total. The number of aromatic nitrogens is 9. The number of nitrogens with zero attached hydrogens (tertiary/aromatic N) is 9. The van der Waals surface area contributed by atoms with E-state index in [1.807, 2.05) is 175 Å². The maximum Gasteiger partial charge on any atom is 0.164 e. The Labute approximate surface area is 788 Å². The lowest BCUT2D eigenvalue weighted by Gasteiger charge is -2.30. The van der Waals surface area contributed by atoms with Crippen molar-refractivity contribution in [2.45, 2.75) is 57.8 Å². The van der Waals surface area contributed by atoms with Gasteiger partial charge in [-0.1, -0.05) is 484 Å². The molecule has 3 heterocycles. The Bertz CT molecular complexity index is 7630. The minimum atomic E-state index is -0.410. The molecule has 6 aliphatic carbocycles. The molecule has 0 unspecified atom stereocenters. The molecule has 0 radical (unpaired) electrons. The number of hydrogen-bond acceptors (Lipinski definition) is 9. The highest BCUT2D eigenvalue weighted by atomic mass is 15.1. The average Bonchev–Trinajstić information content (AvgIpc) is 1.52. The predicted octanol–water partition coefficient (Wildman–Crippen LogP) is 30.7. The quantitative estimate of drug-likeness (QED) is 0.139. The van der Waals surface area contributed by atoms with Crippen molar-refractivity contribution in [3.63, 3.8) is 0 Å². The first-order chi connectivity index (χ1) is 67.0. The highest BCUT2D eigenvalue weighted by Crippen LogP contribution is 2.67. The average molecular weight is 1730 g/mol. The maximum absolute atomic E-state index is 5.13. The molecule has 135 heavy (non-hydrogen) atoms. The van der Waals surface area contributed by atoms with Crippen molar-refractivity contribution < 1.29 is 0 Å². The van der Waals surface area contributed by atoms with Crippen LogP contribution in [0.3, 0.4) is 0 Å². The van der Waals surface area contributed by atoms with Gasteiger partial charge in [0.1, 0.15) is 0 Å². The standard InChI is InChI=1S/3C40H25N3.3C2H6/c1-3-14-26(15-4-1)37-41-38(27-16-5-2-6-17-27)43-39(42-37)31-21-13-25-35-36(31)30-20-9-12-24-34(30)40(35)32-22-10-7-18-28(32)29-19-8-11-23-33(29)40;1-3-13-26(14-4-1)37-41-38(27-15-5-2-6-16-27)43-39(42-37)28-23-24-36-32(25-28)31-19-9-12-22-35(31)40(36)33-20-10-7-17-29(33)30-18-8-11-21-34(30)40;1-3-13-26(14-4-1)37-41-38(27-15-5-2-6-16-27)43-39(42-37)28-23-24-32-31-19-9-12-22-35(31)40(36(32)25-28)33-20-10-7-17-29(33)30-18-8-11-21-34(30)40;3*1-2/h3*1-25H;3*1-2H3. The Kier molecular flexibility index (Phi) is 21.9. The smallest absolute Gasteiger partial charge is 0.164 e. The van der Waals surface area contributed by atoms with E-state index in [-0.39, 0.29) is 5.41 Å². The SMILES string of the molecule is CC.CC.CC.c1ccc(-c2nc(-c3ccccc3)nc(-c3ccc4c(c3)-c3ccccc3C43c4ccccc4-c4ccccc43)n2)cc1.c1ccc(-c2nc(-c3ccccc3)nc(-c3ccc4c(c3)C3(c5ccccc5-c5ccccc53)c3ccccc3-4)n2)cc1.c1ccc(-c2nc(-c3ccccc3)nc(-c3cccc4c3-c3ccccc3C43c4ccccc4-c4ccccc43)n2)cc1. The molecule has 3 aromatic heterocycles. The first-order valence-electron chi connectivity index (χ1n) is 46.9. The third kappa shape index (κ3) is 13.5. The fourth-order valence-electron chi connectivity index (χ4n) is 21.6. The van der Waals surface area contributed by atoms with E-state index in [0.717, 1.165) is 50.1 Å². The minimum Gasteiger partial charge on any atom is -0.208 e. The van der Waals surface area contributed by atoms with Gasteiger partial charge in [-0.3, -0.25) is 0 Å². The Morgan fingerprint density at radius 1 is 0.119 bits per heavy atom. The zero-order chi connectivity index (χ0) is 91.1. The van der Waals surface area contributed by atoms with Crippen LogP contribution >= 0.6 is 0 Å². The maximum atomic E-state index is 5.13. The van der Waals surface area contributed by atoms with Gasteiger partial charge in [-0.2, -0.15) is 0 Å². The topological polar surface area (TPSA) is 116 Å². The molecule has 18 aromatic carbocycles. The zero-order valence-electron chi connectivity index (χ0n) is 75.8. The summed E-state index contributed by atoms with van der Waals surface area (Å²) < 4.78 is 0. The zero-order valence-corrected chi connectivity index (χ0v) is 75.8. The van der Waals surface area contributed by atoms with E-state index in [4.69, 9.17) is 44.9 Å². The second-order valence-electron chi connectivity index (χ2n) is 33.5. The van der Waals surface area contributed by atoms with Crippen LogP contribution in [0.5, 0.6) is 0 Å². The van der Waals surface area contributed by atoms with E-state index in [2.05, 4.69) is 322 Å². The van der Waals surface area contributed by atoms with Crippen molar-refractivity contribution in [1.82, 2.24) is 44.9 Å². The van der Waals surface area contributed by atoms with Crippen LogP contribution in [0, 0.1) is 0 Å². The minimum absolute atomic E-state index is 0.360. The van der Waals surface area contributed by atoms with Gasteiger partial charge in [0, 0.05) is 50.1 Å². The van der Waals surface area contributed by atoms with Crippen LogP contribution in [-0.4, -0.2) is 44.9 Å². The molecule has 0 bridgehead atoms. The lowest BCUT2D eigenvalue weighted by Crippen LogP contribution is -2.25. The summed E-state index contributed by atoms with van der Waals surface area (Å²) in [5.41, 5.74) is 38.6. The fraction of sp³-hybridized carbons (Fsp3) is 0.0714. The van der Waals surface area contributed by atoms with Crippen LogP contribution < -0.4 is 0 Å². The molecule has 9 heteroatoms. The fourth-order valence-corrected chi connectivity index (χ4v) is 21.6. The van der Waals surface area contributed by atoms with Gasteiger partial charge in [0.2, 0.25) is 0 Å². The van der Waals surface area contributed by atoms with Crippen molar-refractivity contribution in [1.29, 1.82) is 0 Å². The second-order valence-corrected chi connectivity index (χ2v) is 33.5. The summed E-state index contributed by atoms with van der Waals surface area (Å²) in [6.07, 6.45) is 0. The monoisotopic (exact) mass is 1730 g/mol. The lowest BCUT2D eigenvalue weighted by atomic mass is 9.70. The molecule has 3 spiro atoms. The van der Waals surface area contributed by atoms with Gasteiger partial charge in [-0.15, -0.1) is 0 Å². The predicted molar refractivity (Wildman–Crippen MR) is 551 cm³/mol. The molecule has 9 nitrogen and oxygen atoms in total. The second kappa shape index (κ2) is 35.4. The van der Waals surface area contributed by atoms with Crippen LogP contribution in [-0.2, 0) is 16.2 Å². The molecule has 0 saturated heterocycles. The van der Waals surface area contributed by atoms with Gasteiger partial charge >= 0.3 is 0 Å². The number of hydrogen-bond donors (Lipinski definition) is 0.